The van der Waals surface area contributed by atoms with Crippen molar-refractivity contribution in [1.29, 1.82) is 0 Å². The molecule has 0 fully saturated rings. The fourth-order valence-corrected chi connectivity index (χ4v) is 3.68. The van der Waals surface area contributed by atoms with E-state index in [9.17, 15) is 9.90 Å². The van der Waals surface area contributed by atoms with Crippen molar-refractivity contribution in [3.05, 3.63) is 57.8 Å². The second-order valence-electron chi connectivity index (χ2n) is 4.34. The van der Waals surface area contributed by atoms with E-state index in [-0.39, 0.29) is 0 Å². The Morgan fingerprint density at radius 3 is 2.76 bits per heavy atom. The number of carboxylic acid groups (broad SMARTS) is 1. The van der Waals surface area contributed by atoms with Crippen molar-refractivity contribution in [3.63, 3.8) is 0 Å². The number of fused-ring (bicyclic) bond motifs is 1. The molecule has 0 bridgehead atoms. The molecule has 1 unspecified atom stereocenters. The Bertz CT molecular complexity index is 559. The van der Waals surface area contributed by atoms with E-state index >= 15 is 0 Å². The molecular weight excluding hydrogens is 232 g/mol. The number of aryl methyl sites for hydroxylation is 1. The van der Waals surface area contributed by atoms with Gasteiger partial charge in [-0.25, -0.2) is 0 Å². The number of hydrogen-bond donors (Lipinski definition) is 1. The number of carboxylic acids is 1. The first-order valence-corrected chi connectivity index (χ1v) is 6.49. The van der Waals surface area contributed by atoms with Gasteiger partial charge in [0.25, 0.3) is 0 Å². The summed E-state index contributed by atoms with van der Waals surface area (Å²) in [6, 6.07) is 11.7. The normalized spacial score (nSPS) is 22.4. The molecule has 0 amide bonds. The van der Waals surface area contributed by atoms with Crippen LogP contribution in [0, 0.1) is 0 Å². The molecule has 1 aromatic heterocycles. The van der Waals surface area contributed by atoms with Crippen LogP contribution >= 0.6 is 11.3 Å². The molecule has 0 radical (unpaired) electrons. The molecule has 1 heterocycles. The van der Waals surface area contributed by atoms with Crippen molar-refractivity contribution >= 4 is 17.3 Å². The fraction of sp³-hybridized carbons (Fsp3) is 0.214. The van der Waals surface area contributed by atoms with Crippen molar-refractivity contribution in [2.75, 3.05) is 0 Å². The lowest BCUT2D eigenvalue weighted by Gasteiger charge is -2.24. The van der Waals surface area contributed by atoms with Gasteiger partial charge in [0.1, 0.15) is 5.41 Å². The zero-order chi connectivity index (χ0) is 11.9. The van der Waals surface area contributed by atoms with Crippen molar-refractivity contribution in [2.45, 2.75) is 18.3 Å². The van der Waals surface area contributed by atoms with E-state index in [0.29, 0.717) is 6.42 Å². The minimum atomic E-state index is -0.815. The molecule has 2 aromatic rings. The summed E-state index contributed by atoms with van der Waals surface area (Å²) in [5.74, 6) is -0.732. The number of rotatable bonds is 2. The summed E-state index contributed by atoms with van der Waals surface area (Å²) in [6.07, 6.45) is 1.52. The first kappa shape index (κ1) is 10.5. The van der Waals surface area contributed by atoms with Crippen LogP contribution in [0.3, 0.4) is 0 Å². The molecule has 3 heteroatoms. The standard InChI is InChI=1S/C14H12O2S/c15-13(16)14(12-6-3-9-17-12)8-7-10-4-1-2-5-11(10)14/h1-6,9H,7-8H2,(H,15,16). The van der Waals surface area contributed by atoms with E-state index in [0.717, 1.165) is 16.9 Å². The summed E-state index contributed by atoms with van der Waals surface area (Å²) in [7, 11) is 0. The van der Waals surface area contributed by atoms with Crippen LogP contribution < -0.4 is 0 Å². The van der Waals surface area contributed by atoms with E-state index in [1.807, 2.05) is 41.8 Å². The minimum absolute atomic E-state index is 0.669. The zero-order valence-electron chi connectivity index (χ0n) is 9.22. The van der Waals surface area contributed by atoms with Crippen LogP contribution in [-0.2, 0) is 16.6 Å². The highest BCUT2D eigenvalue weighted by Gasteiger charge is 2.47. The van der Waals surface area contributed by atoms with E-state index in [1.165, 1.54) is 16.9 Å². The number of thiophene rings is 1. The fourth-order valence-electron chi connectivity index (χ4n) is 2.72. The molecule has 2 nitrogen and oxygen atoms in total. The van der Waals surface area contributed by atoms with Gasteiger partial charge in [0.15, 0.2) is 0 Å². The quantitative estimate of drug-likeness (QED) is 0.881. The molecule has 0 aliphatic heterocycles. The first-order chi connectivity index (χ1) is 8.25. The molecule has 0 saturated carbocycles. The molecule has 1 aromatic carbocycles. The Hall–Kier alpha value is -1.61. The van der Waals surface area contributed by atoms with E-state index in [2.05, 4.69) is 0 Å². The highest BCUT2D eigenvalue weighted by atomic mass is 32.1. The average molecular weight is 244 g/mol. The molecule has 0 spiro atoms. The molecule has 17 heavy (non-hydrogen) atoms. The van der Waals surface area contributed by atoms with Crippen LogP contribution in [0.5, 0.6) is 0 Å². The van der Waals surface area contributed by atoms with E-state index in [4.69, 9.17) is 0 Å². The maximum atomic E-state index is 11.8. The largest absolute Gasteiger partial charge is 0.480 e. The highest BCUT2D eigenvalue weighted by molar-refractivity contribution is 7.10. The molecule has 3 rings (SSSR count). The Labute approximate surface area is 104 Å². The van der Waals surface area contributed by atoms with Crippen molar-refractivity contribution in [2.24, 2.45) is 0 Å². The average Bonchev–Trinajstić information content (AvgIpc) is 2.96. The number of carbonyl (C=O) groups is 1. The van der Waals surface area contributed by atoms with Crippen LogP contribution in [0.4, 0.5) is 0 Å². The second kappa shape index (κ2) is 3.70. The van der Waals surface area contributed by atoms with Gasteiger partial charge in [-0.05, 0) is 35.4 Å². The van der Waals surface area contributed by atoms with Crippen molar-refractivity contribution in [3.8, 4) is 0 Å². The summed E-state index contributed by atoms with van der Waals surface area (Å²) in [5, 5.41) is 11.6. The smallest absolute Gasteiger partial charge is 0.319 e. The third kappa shape index (κ3) is 1.35. The van der Waals surface area contributed by atoms with Crippen LogP contribution in [0.25, 0.3) is 0 Å². The molecule has 86 valence electrons. The summed E-state index contributed by atoms with van der Waals surface area (Å²) >= 11 is 1.53. The number of hydrogen-bond acceptors (Lipinski definition) is 2. The number of benzene rings is 1. The van der Waals surface area contributed by atoms with Crippen LogP contribution in [0.15, 0.2) is 41.8 Å². The first-order valence-electron chi connectivity index (χ1n) is 5.61. The van der Waals surface area contributed by atoms with Gasteiger partial charge >= 0.3 is 5.97 Å². The lowest BCUT2D eigenvalue weighted by Crippen LogP contribution is -2.33. The van der Waals surface area contributed by atoms with Gasteiger partial charge in [-0.2, -0.15) is 0 Å². The molecule has 1 aliphatic rings. The lowest BCUT2D eigenvalue weighted by atomic mass is 9.80. The summed E-state index contributed by atoms with van der Waals surface area (Å²) < 4.78 is 0. The Morgan fingerprint density at radius 2 is 2.06 bits per heavy atom. The Balaban J connectivity index is 2.26. The topological polar surface area (TPSA) is 37.3 Å². The third-order valence-electron chi connectivity index (χ3n) is 3.55. The van der Waals surface area contributed by atoms with Crippen molar-refractivity contribution < 1.29 is 9.90 Å². The maximum Gasteiger partial charge on any atom is 0.319 e. The van der Waals surface area contributed by atoms with Gasteiger partial charge in [-0.15, -0.1) is 11.3 Å². The van der Waals surface area contributed by atoms with Gasteiger partial charge in [0.2, 0.25) is 0 Å². The summed E-state index contributed by atoms with van der Waals surface area (Å²) in [6.45, 7) is 0. The van der Waals surface area contributed by atoms with Gasteiger partial charge in [-0.1, -0.05) is 30.3 Å². The SMILES string of the molecule is O=C(O)C1(c2cccs2)CCc2ccccc21. The van der Waals surface area contributed by atoms with Gasteiger partial charge < -0.3 is 5.11 Å². The maximum absolute atomic E-state index is 11.8. The molecular formula is C14H12O2S. The van der Waals surface area contributed by atoms with Gasteiger partial charge in [-0.3, -0.25) is 4.79 Å². The summed E-state index contributed by atoms with van der Waals surface area (Å²) in [4.78, 5) is 12.7. The minimum Gasteiger partial charge on any atom is -0.480 e. The number of aliphatic carboxylic acids is 1. The van der Waals surface area contributed by atoms with Crippen LogP contribution in [0.1, 0.15) is 22.4 Å². The predicted molar refractivity (Wildman–Crippen MR) is 67.5 cm³/mol. The van der Waals surface area contributed by atoms with Crippen molar-refractivity contribution in [1.82, 2.24) is 0 Å². The Kier molecular flexibility index (Phi) is 2.30. The Morgan fingerprint density at radius 1 is 1.24 bits per heavy atom. The lowest BCUT2D eigenvalue weighted by molar-refractivity contribution is -0.142. The monoisotopic (exact) mass is 244 g/mol. The predicted octanol–water partition coefficient (Wildman–Crippen LogP) is 3.07. The molecule has 1 N–H and O–H groups in total. The third-order valence-corrected chi connectivity index (χ3v) is 4.59. The molecule has 1 atom stereocenters. The van der Waals surface area contributed by atoms with E-state index < -0.39 is 11.4 Å². The van der Waals surface area contributed by atoms with E-state index in [1.54, 1.807) is 0 Å². The second-order valence-corrected chi connectivity index (χ2v) is 5.29. The van der Waals surface area contributed by atoms with Crippen LogP contribution in [-0.4, -0.2) is 11.1 Å². The zero-order valence-corrected chi connectivity index (χ0v) is 10.0. The molecule has 1 aliphatic carbocycles. The highest BCUT2D eigenvalue weighted by Crippen LogP contribution is 2.45. The van der Waals surface area contributed by atoms with Crippen LogP contribution in [0.2, 0.25) is 0 Å². The molecule has 0 saturated heterocycles. The van der Waals surface area contributed by atoms with Gasteiger partial charge in [0, 0.05) is 4.88 Å². The van der Waals surface area contributed by atoms with Gasteiger partial charge in [0.05, 0.1) is 0 Å². The summed E-state index contributed by atoms with van der Waals surface area (Å²) in [5.41, 5.74) is 1.32.